The van der Waals surface area contributed by atoms with Crippen LogP contribution in [0, 0.1) is 5.82 Å². The van der Waals surface area contributed by atoms with Gasteiger partial charge in [-0.15, -0.1) is 0 Å². The summed E-state index contributed by atoms with van der Waals surface area (Å²) in [7, 11) is 0. The van der Waals surface area contributed by atoms with Crippen molar-refractivity contribution in [3.05, 3.63) is 110 Å². The highest BCUT2D eigenvalue weighted by Gasteiger charge is 2.39. The summed E-state index contributed by atoms with van der Waals surface area (Å²) in [5, 5.41) is -0.974. The number of H-pyrrole nitrogens is 2. The number of benzene rings is 1. The molecule has 1 unspecified atom stereocenters. The van der Waals surface area contributed by atoms with Crippen molar-refractivity contribution >= 4 is 75.6 Å². The third-order valence-electron chi connectivity index (χ3n) is 6.43. The van der Waals surface area contributed by atoms with Crippen LogP contribution < -0.4 is 0 Å². The highest BCUT2D eigenvalue weighted by atomic mass is 35.5. The van der Waals surface area contributed by atoms with E-state index in [1.165, 1.54) is 6.08 Å². The summed E-state index contributed by atoms with van der Waals surface area (Å²) in [6, 6.07) is 14.9. The Bertz CT molecular complexity index is 1870. The monoisotopic (exact) mass is 580 g/mol. The molecule has 3 aromatic heterocycles. The maximum Gasteiger partial charge on any atom is 0.399 e. The molecule has 8 bridgehead atoms. The summed E-state index contributed by atoms with van der Waals surface area (Å²) in [6.07, 6.45) is 4.91. The van der Waals surface area contributed by atoms with Crippen molar-refractivity contribution in [2.75, 3.05) is 0 Å². The predicted molar refractivity (Wildman–Crippen MR) is 153 cm³/mol. The molecule has 2 aliphatic rings. The van der Waals surface area contributed by atoms with E-state index in [4.69, 9.17) is 23.2 Å². The largest absolute Gasteiger partial charge is 0.399 e. The lowest BCUT2D eigenvalue weighted by Gasteiger charge is -2.18. The van der Waals surface area contributed by atoms with Gasteiger partial charge in [0.15, 0.2) is 5.82 Å². The van der Waals surface area contributed by atoms with Crippen molar-refractivity contribution in [1.29, 1.82) is 0 Å². The van der Waals surface area contributed by atoms with Gasteiger partial charge >= 0.3 is 6.18 Å². The number of aromatic amines is 2. The Morgan fingerprint density at radius 3 is 2.05 bits per heavy atom. The van der Waals surface area contributed by atoms with Crippen LogP contribution in [-0.4, -0.2) is 26.1 Å². The standard InChI is InChI=1S/C30H18Cl2F4N4/c31-25-11-16(12-26(32)29(25)33)24(30(34,35)36)8-7-23-27-9-5-21(39-27)14-19-3-1-17(37-19)13-18-2-4-20(38-18)15-22-6-10-28(23)40-22/h1-15,24,37,39H. The fourth-order valence-corrected chi connectivity index (χ4v) is 5.07. The molecule has 1 atom stereocenters. The second-order valence-corrected chi connectivity index (χ2v) is 10.1. The van der Waals surface area contributed by atoms with E-state index in [-0.39, 0.29) is 5.56 Å². The molecule has 6 rings (SSSR count). The molecule has 5 heterocycles. The summed E-state index contributed by atoms with van der Waals surface area (Å²) >= 11 is 11.6. The summed E-state index contributed by atoms with van der Waals surface area (Å²) in [5.41, 5.74) is 5.67. The number of hydrogen-bond donors (Lipinski definition) is 2. The van der Waals surface area contributed by atoms with Crippen molar-refractivity contribution in [3.63, 3.8) is 0 Å². The normalized spacial score (nSPS) is 13.8. The highest BCUT2D eigenvalue weighted by Crippen LogP contribution is 2.39. The number of fused-ring (bicyclic) bond motifs is 8. The van der Waals surface area contributed by atoms with Crippen LogP contribution in [0.4, 0.5) is 17.6 Å². The first kappa shape index (κ1) is 26.1. The summed E-state index contributed by atoms with van der Waals surface area (Å²) in [4.78, 5) is 15.8. The molecular weight excluding hydrogens is 563 g/mol. The molecule has 200 valence electrons. The number of aromatic nitrogens is 4. The van der Waals surface area contributed by atoms with Crippen LogP contribution in [0.25, 0.3) is 52.4 Å². The third-order valence-corrected chi connectivity index (χ3v) is 6.98. The molecular formula is C30H18Cl2F4N4. The Morgan fingerprint density at radius 1 is 0.725 bits per heavy atom. The minimum atomic E-state index is -4.70. The molecule has 0 saturated heterocycles. The van der Waals surface area contributed by atoms with Gasteiger partial charge in [-0.05, 0) is 84.5 Å². The van der Waals surface area contributed by atoms with Crippen molar-refractivity contribution in [2.24, 2.45) is 0 Å². The van der Waals surface area contributed by atoms with Gasteiger partial charge in [-0.25, -0.2) is 14.4 Å². The van der Waals surface area contributed by atoms with E-state index < -0.39 is 28.0 Å². The smallest absolute Gasteiger partial charge is 0.355 e. The molecule has 4 nitrogen and oxygen atoms in total. The van der Waals surface area contributed by atoms with Gasteiger partial charge < -0.3 is 9.97 Å². The first-order valence-electron chi connectivity index (χ1n) is 12.1. The van der Waals surface area contributed by atoms with Gasteiger partial charge in [0.2, 0.25) is 0 Å². The quantitative estimate of drug-likeness (QED) is 0.162. The summed E-state index contributed by atoms with van der Waals surface area (Å²) in [5.74, 6) is -3.07. The van der Waals surface area contributed by atoms with Gasteiger partial charge in [-0.2, -0.15) is 13.2 Å². The van der Waals surface area contributed by atoms with E-state index in [1.54, 1.807) is 24.3 Å². The lowest BCUT2D eigenvalue weighted by Crippen LogP contribution is -2.19. The Kier molecular flexibility index (Phi) is 6.60. The average molecular weight is 581 g/mol. The average Bonchev–Trinajstić information content (AvgIpc) is 3.69. The van der Waals surface area contributed by atoms with E-state index >= 15 is 0 Å². The van der Waals surface area contributed by atoms with Crippen molar-refractivity contribution < 1.29 is 17.6 Å². The van der Waals surface area contributed by atoms with Crippen LogP contribution in [0.2, 0.25) is 10.0 Å². The van der Waals surface area contributed by atoms with Crippen molar-refractivity contribution in [1.82, 2.24) is 19.9 Å². The Labute approximate surface area is 235 Å². The van der Waals surface area contributed by atoms with Gasteiger partial charge in [0, 0.05) is 27.6 Å². The summed E-state index contributed by atoms with van der Waals surface area (Å²) < 4.78 is 56.6. The predicted octanol–water partition coefficient (Wildman–Crippen LogP) is 9.46. The molecule has 2 N–H and O–H groups in total. The van der Waals surface area contributed by atoms with E-state index in [0.717, 1.165) is 40.5 Å². The lowest BCUT2D eigenvalue weighted by atomic mass is 9.96. The number of alkyl halides is 3. The van der Waals surface area contributed by atoms with Crippen LogP contribution in [0.1, 0.15) is 39.8 Å². The number of allylic oxidation sites excluding steroid dienone is 1. The van der Waals surface area contributed by atoms with E-state index in [2.05, 4.69) is 19.9 Å². The van der Waals surface area contributed by atoms with Gasteiger partial charge in [-0.1, -0.05) is 35.4 Å². The van der Waals surface area contributed by atoms with E-state index in [1.807, 2.05) is 42.5 Å². The SMILES string of the molecule is Fc1c(Cl)cc(C(C=Cc2c3nc(cc4nc(cc5ccc(cc6ccc2[nH]6)[nH]5)C=C4)C=C3)C(F)(F)F)cc1Cl. The summed E-state index contributed by atoms with van der Waals surface area (Å²) in [6.45, 7) is 0. The van der Waals surface area contributed by atoms with Gasteiger partial charge in [0.25, 0.3) is 0 Å². The zero-order valence-corrected chi connectivity index (χ0v) is 21.9. The third kappa shape index (κ3) is 5.33. The molecule has 0 amide bonds. The molecule has 0 aliphatic carbocycles. The number of hydrogen-bond acceptors (Lipinski definition) is 2. The number of rotatable bonds is 3. The van der Waals surface area contributed by atoms with Gasteiger partial charge in [0.1, 0.15) is 0 Å². The maximum atomic E-state index is 14.2. The number of halogens is 6. The van der Waals surface area contributed by atoms with Crippen LogP contribution in [0.15, 0.2) is 60.7 Å². The first-order valence-corrected chi connectivity index (χ1v) is 12.8. The van der Waals surface area contributed by atoms with Crippen LogP contribution >= 0.6 is 23.2 Å². The zero-order chi connectivity index (χ0) is 28.0. The van der Waals surface area contributed by atoms with Gasteiger partial charge in [0.05, 0.1) is 38.7 Å². The maximum absolute atomic E-state index is 14.2. The second-order valence-electron chi connectivity index (χ2n) is 9.27. The molecule has 1 aromatic carbocycles. The molecule has 2 aliphatic heterocycles. The van der Waals surface area contributed by atoms with E-state index in [0.29, 0.717) is 28.2 Å². The molecule has 0 saturated carbocycles. The number of nitrogens with one attached hydrogen (secondary N) is 2. The van der Waals surface area contributed by atoms with Crippen molar-refractivity contribution in [2.45, 2.75) is 12.1 Å². The molecule has 4 aromatic rings. The van der Waals surface area contributed by atoms with Crippen LogP contribution in [-0.2, 0) is 0 Å². The van der Waals surface area contributed by atoms with E-state index in [9.17, 15) is 17.6 Å². The second kappa shape index (κ2) is 10.1. The molecule has 10 heteroatoms. The molecule has 0 radical (unpaired) electrons. The highest BCUT2D eigenvalue weighted by molar-refractivity contribution is 6.35. The molecule has 40 heavy (non-hydrogen) atoms. The molecule has 0 spiro atoms. The van der Waals surface area contributed by atoms with Gasteiger partial charge in [-0.3, -0.25) is 0 Å². The van der Waals surface area contributed by atoms with Crippen LogP contribution in [0.5, 0.6) is 0 Å². The van der Waals surface area contributed by atoms with Crippen molar-refractivity contribution in [3.8, 4) is 0 Å². The lowest BCUT2D eigenvalue weighted by molar-refractivity contribution is -0.139. The minimum Gasteiger partial charge on any atom is -0.355 e. The Hall–Kier alpha value is -4.14. The fraction of sp³-hybridized carbons (Fsp3) is 0.0667. The Morgan fingerprint density at radius 2 is 1.32 bits per heavy atom. The molecule has 0 fully saturated rings. The Balaban J connectivity index is 1.57. The van der Waals surface area contributed by atoms with Crippen LogP contribution in [0.3, 0.4) is 0 Å². The minimum absolute atomic E-state index is 0.281. The first-order chi connectivity index (χ1) is 19.1. The topological polar surface area (TPSA) is 57.4 Å². The fourth-order valence-electron chi connectivity index (χ4n) is 4.56. The number of nitrogens with zero attached hydrogens (tertiary/aromatic N) is 2. The zero-order valence-electron chi connectivity index (χ0n) is 20.4.